The van der Waals surface area contributed by atoms with Crippen molar-refractivity contribution in [3.05, 3.63) is 48.2 Å². The molecule has 1 atom stereocenters. The van der Waals surface area contributed by atoms with E-state index in [1.54, 1.807) is 0 Å². The Balaban J connectivity index is 2.90. The third-order valence-corrected chi connectivity index (χ3v) is 8.83. The van der Waals surface area contributed by atoms with Crippen molar-refractivity contribution < 1.29 is 18.7 Å². The Labute approximate surface area is 159 Å². The molecule has 0 heterocycles. The molecule has 4 nitrogen and oxygen atoms in total. The van der Waals surface area contributed by atoms with Crippen LogP contribution < -0.4 is 0 Å². The van der Waals surface area contributed by atoms with Crippen molar-refractivity contribution in [1.29, 1.82) is 0 Å². The minimum absolute atomic E-state index is 0.0736. The number of hydrogen-bond acceptors (Lipinski definition) is 4. The maximum absolute atomic E-state index is 12.2. The summed E-state index contributed by atoms with van der Waals surface area (Å²) in [7, 11) is -1.99. The van der Waals surface area contributed by atoms with Crippen molar-refractivity contribution in [2.45, 2.75) is 77.8 Å². The van der Waals surface area contributed by atoms with Gasteiger partial charge in [-0.05, 0) is 44.5 Å². The average Bonchev–Trinajstić information content (AvgIpc) is 2.43. The van der Waals surface area contributed by atoms with Gasteiger partial charge >= 0.3 is 6.16 Å². The Morgan fingerprint density at radius 1 is 1.08 bits per heavy atom. The molecule has 5 heteroatoms. The van der Waals surface area contributed by atoms with E-state index in [-0.39, 0.29) is 5.04 Å². The normalized spacial score (nSPS) is 13.7. The molecule has 1 rings (SSSR count). The van der Waals surface area contributed by atoms with Crippen LogP contribution in [0.1, 0.15) is 59.6 Å². The molecule has 0 aliphatic carbocycles. The van der Waals surface area contributed by atoms with Crippen molar-refractivity contribution in [2.24, 2.45) is 0 Å². The highest BCUT2D eigenvalue weighted by Crippen LogP contribution is 2.39. The van der Waals surface area contributed by atoms with Gasteiger partial charge in [0.05, 0.1) is 5.76 Å². The number of benzene rings is 1. The van der Waals surface area contributed by atoms with Crippen LogP contribution >= 0.6 is 0 Å². The Morgan fingerprint density at radius 2 is 1.62 bits per heavy atom. The van der Waals surface area contributed by atoms with Gasteiger partial charge in [-0.2, -0.15) is 0 Å². The first-order chi connectivity index (χ1) is 11.7. The number of hydrogen-bond donors (Lipinski definition) is 0. The van der Waals surface area contributed by atoms with E-state index in [1.165, 1.54) is 0 Å². The summed E-state index contributed by atoms with van der Waals surface area (Å²) in [5.41, 5.74) is 0.283. The largest absolute Gasteiger partial charge is 0.547 e. The first-order valence-electron chi connectivity index (χ1n) is 9.03. The summed E-state index contributed by atoms with van der Waals surface area (Å²) in [6.07, 6.45) is -0.787. The van der Waals surface area contributed by atoms with Crippen molar-refractivity contribution >= 4 is 14.5 Å². The van der Waals surface area contributed by atoms with Crippen LogP contribution in [0.2, 0.25) is 18.1 Å². The lowest BCUT2D eigenvalue weighted by Crippen LogP contribution is -2.40. The number of carbonyl (C=O) groups is 1. The van der Waals surface area contributed by atoms with Gasteiger partial charge in [-0.3, -0.25) is 0 Å². The highest BCUT2D eigenvalue weighted by Gasteiger charge is 2.39. The zero-order chi connectivity index (χ0) is 20.2. The zero-order valence-corrected chi connectivity index (χ0v) is 18.5. The maximum atomic E-state index is 12.2. The summed E-state index contributed by atoms with van der Waals surface area (Å²) in [5.74, 6) is 0.633. The Morgan fingerprint density at radius 3 is 2.08 bits per heavy atom. The van der Waals surface area contributed by atoms with Crippen molar-refractivity contribution in [2.75, 3.05) is 0 Å². The SMILES string of the molecule is C=C(C[C@H](OC(=O)OC(C)(C)C)c1ccccc1)O[Si](C)(C)C(C)(C)C. The van der Waals surface area contributed by atoms with Gasteiger partial charge in [0.1, 0.15) is 11.7 Å². The monoisotopic (exact) mass is 378 g/mol. The summed E-state index contributed by atoms with van der Waals surface area (Å²) < 4.78 is 17.1. The molecule has 0 saturated heterocycles. The van der Waals surface area contributed by atoms with E-state index in [1.807, 2.05) is 51.1 Å². The van der Waals surface area contributed by atoms with Crippen LogP contribution in [-0.2, 0) is 13.9 Å². The number of carbonyl (C=O) groups excluding carboxylic acids is 1. The molecule has 0 amide bonds. The quantitative estimate of drug-likeness (QED) is 0.317. The minimum Gasteiger partial charge on any atom is -0.547 e. The molecule has 26 heavy (non-hydrogen) atoms. The Kier molecular flexibility index (Phi) is 7.11. The van der Waals surface area contributed by atoms with Crippen LogP contribution in [0.25, 0.3) is 0 Å². The van der Waals surface area contributed by atoms with Crippen LogP contribution in [0, 0.1) is 0 Å². The third-order valence-electron chi connectivity index (χ3n) is 4.42. The lowest BCUT2D eigenvalue weighted by atomic mass is 10.1. The molecule has 0 unspecified atom stereocenters. The van der Waals surface area contributed by atoms with Crippen molar-refractivity contribution in [3.63, 3.8) is 0 Å². The molecule has 0 aromatic heterocycles. The smallest absolute Gasteiger partial charge is 0.509 e. The molecule has 1 aromatic rings. The fourth-order valence-corrected chi connectivity index (χ4v) is 3.16. The second kappa shape index (κ2) is 8.29. The van der Waals surface area contributed by atoms with Gasteiger partial charge in [0.2, 0.25) is 8.32 Å². The maximum Gasteiger partial charge on any atom is 0.509 e. The topological polar surface area (TPSA) is 44.8 Å². The van der Waals surface area contributed by atoms with Crippen LogP contribution in [0.3, 0.4) is 0 Å². The molecular formula is C21H34O4Si. The number of rotatable bonds is 6. The molecule has 0 fully saturated rings. The Bertz CT molecular complexity index is 609. The van der Waals surface area contributed by atoms with Gasteiger partial charge in [0.25, 0.3) is 0 Å². The van der Waals surface area contributed by atoms with Gasteiger partial charge in [-0.25, -0.2) is 4.79 Å². The standard InChI is InChI=1S/C21H34O4Si/c1-16(25-26(8,9)21(5,6)7)15-18(17-13-11-10-12-14-17)23-19(22)24-20(2,3)4/h10-14,18H,1,15H2,2-9H3/t18-/m0/s1. The molecule has 0 bridgehead atoms. The van der Waals surface area contributed by atoms with Crippen LogP contribution in [0.5, 0.6) is 0 Å². The van der Waals surface area contributed by atoms with E-state index in [9.17, 15) is 4.79 Å². The fraction of sp³-hybridized carbons (Fsp3) is 0.571. The predicted molar refractivity (Wildman–Crippen MR) is 109 cm³/mol. The molecule has 1 aromatic carbocycles. The second-order valence-electron chi connectivity index (χ2n) is 9.09. The zero-order valence-electron chi connectivity index (χ0n) is 17.5. The average molecular weight is 379 g/mol. The third kappa shape index (κ3) is 7.24. The van der Waals surface area contributed by atoms with Crippen LogP contribution in [0.4, 0.5) is 4.79 Å². The number of ether oxygens (including phenoxy) is 2. The second-order valence-corrected chi connectivity index (χ2v) is 13.8. The van der Waals surface area contributed by atoms with Crippen molar-refractivity contribution in [3.8, 4) is 0 Å². The van der Waals surface area contributed by atoms with Crippen molar-refractivity contribution in [1.82, 2.24) is 0 Å². The molecule has 0 radical (unpaired) electrons. The van der Waals surface area contributed by atoms with E-state index < -0.39 is 26.2 Å². The predicted octanol–water partition coefficient (Wildman–Crippen LogP) is 6.61. The van der Waals surface area contributed by atoms with E-state index in [4.69, 9.17) is 13.9 Å². The first kappa shape index (κ1) is 22.3. The summed E-state index contributed by atoms with van der Waals surface area (Å²) in [5, 5.41) is 0.0736. The highest BCUT2D eigenvalue weighted by molar-refractivity contribution is 6.74. The summed E-state index contributed by atoms with van der Waals surface area (Å²) in [6.45, 7) is 20.4. The van der Waals surface area contributed by atoms with Gasteiger partial charge in [0.15, 0.2) is 0 Å². The van der Waals surface area contributed by atoms with Crippen LogP contribution in [0.15, 0.2) is 42.7 Å². The lowest BCUT2D eigenvalue weighted by molar-refractivity contribution is -0.0287. The lowest BCUT2D eigenvalue weighted by Gasteiger charge is -2.37. The van der Waals surface area contributed by atoms with Gasteiger partial charge in [-0.15, -0.1) is 0 Å². The Hall–Kier alpha value is -1.75. The van der Waals surface area contributed by atoms with Gasteiger partial charge in [-0.1, -0.05) is 57.7 Å². The fourth-order valence-electron chi connectivity index (χ4n) is 2.05. The van der Waals surface area contributed by atoms with E-state index in [0.29, 0.717) is 12.2 Å². The summed E-state index contributed by atoms with van der Waals surface area (Å²) in [6, 6.07) is 9.61. The minimum atomic E-state index is -1.99. The van der Waals surface area contributed by atoms with E-state index in [2.05, 4.69) is 40.4 Å². The summed E-state index contributed by atoms with van der Waals surface area (Å²) >= 11 is 0. The van der Waals surface area contributed by atoms with Crippen LogP contribution in [-0.4, -0.2) is 20.1 Å². The van der Waals surface area contributed by atoms with E-state index >= 15 is 0 Å². The molecule has 0 aliphatic heterocycles. The molecule has 146 valence electrons. The molecular weight excluding hydrogens is 344 g/mol. The highest BCUT2D eigenvalue weighted by atomic mass is 28.4. The van der Waals surface area contributed by atoms with E-state index in [0.717, 1.165) is 5.56 Å². The molecule has 0 N–H and O–H groups in total. The van der Waals surface area contributed by atoms with Gasteiger partial charge < -0.3 is 13.9 Å². The molecule has 0 saturated carbocycles. The molecule has 0 aliphatic rings. The molecule has 0 spiro atoms. The summed E-state index contributed by atoms with van der Waals surface area (Å²) in [4.78, 5) is 12.2. The first-order valence-corrected chi connectivity index (χ1v) is 11.9. The van der Waals surface area contributed by atoms with Gasteiger partial charge in [0, 0.05) is 6.42 Å².